The molecule has 0 unspecified atom stereocenters. The van der Waals surface area contributed by atoms with Gasteiger partial charge in [-0.05, 0) is 74.9 Å². The van der Waals surface area contributed by atoms with Crippen molar-refractivity contribution in [3.63, 3.8) is 0 Å². The fourth-order valence-electron chi connectivity index (χ4n) is 5.63. The minimum Gasteiger partial charge on any atom is -0.488 e. The van der Waals surface area contributed by atoms with Crippen molar-refractivity contribution in [3.8, 4) is 17.2 Å². The largest absolute Gasteiger partial charge is 0.514 e. The summed E-state index contributed by atoms with van der Waals surface area (Å²) in [7, 11) is -2.23. The van der Waals surface area contributed by atoms with Crippen LogP contribution in [0.5, 0.6) is 17.2 Å². The predicted octanol–water partition coefficient (Wildman–Crippen LogP) is 9.82. The van der Waals surface area contributed by atoms with Crippen molar-refractivity contribution in [3.05, 3.63) is 103 Å². The third-order valence-electron chi connectivity index (χ3n) is 8.10. The number of ether oxygens (including phenoxy) is 5. The van der Waals surface area contributed by atoms with Gasteiger partial charge in [-0.1, -0.05) is 97.4 Å². The van der Waals surface area contributed by atoms with E-state index in [0.717, 1.165) is 17.2 Å². The molecule has 1 atom stereocenters. The molecule has 0 radical (unpaired) electrons. The highest BCUT2D eigenvalue weighted by Gasteiger charge is 2.41. The van der Waals surface area contributed by atoms with Crippen LogP contribution in [0.1, 0.15) is 45.7 Å². The first-order valence-electron chi connectivity index (χ1n) is 16.5. The molecule has 0 N–H and O–H groups in total. The maximum absolute atomic E-state index is 13.9. The first-order chi connectivity index (χ1) is 23.5. The number of amides is 1. The fraction of sp³-hybridized carbons (Fsp3) is 0.421. The molecule has 268 valence electrons. The van der Waals surface area contributed by atoms with Crippen molar-refractivity contribution in [1.29, 1.82) is 0 Å². The Morgan fingerprint density at radius 2 is 1.35 bits per heavy atom. The van der Waals surface area contributed by atoms with Crippen LogP contribution in [0, 0.1) is 0 Å². The predicted molar refractivity (Wildman–Crippen MR) is 201 cm³/mol. The second-order valence-electron chi connectivity index (χ2n) is 12.0. The Labute approximate surface area is 301 Å². The van der Waals surface area contributed by atoms with Gasteiger partial charge in [-0.25, -0.2) is 9.59 Å². The summed E-state index contributed by atoms with van der Waals surface area (Å²) >= 11 is 3.60. The summed E-state index contributed by atoms with van der Waals surface area (Å²) in [5.41, 5.74) is 2.38. The molecule has 0 spiro atoms. The van der Waals surface area contributed by atoms with E-state index in [9.17, 15) is 9.59 Å². The van der Waals surface area contributed by atoms with E-state index < -0.39 is 26.6 Å². The highest BCUT2D eigenvalue weighted by atomic mass is 79.9. The fourth-order valence-corrected chi connectivity index (χ4v) is 10.4. The van der Waals surface area contributed by atoms with Gasteiger partial charge in [0.25, 0.3) is 0 Å². The number of halogens is 1. The molecule has 0 fully saturated rings. The van der Waals surface area contributed by atoms with Gasteiger partial charge in [-0.2, -0.15) is 0 Å². The molecule has 9 nitrogen and oxygen atoms in total. The Hall–Kier alpha value is -3.80. The van der Waals surface area contributed by atoms with E-state index >= 15 is 0 Å². The molecule has 0 saturated heterocycles. The standard InChI is InChI=1S/C38H52BrNO8Si/c1-10-19-43-34-24-31(25-35(36(34)39)44-20-11-2)26-40(37(41)45-21-12-3)32(27-47-49(14-5,28(6)7)29(8)9)23-30-15-17-33(18-16-30)48-38(42)46-22-13-4/h10-13,15-18,24-25,28-29,32H,1-4,14,19-23,26-27H2,5-9H3/t32-/m0/s1. The molecule has 0 bridgehead atoms. The summed E-state index contributed by atoms with van der Waals surface area (Å²) in [6, 6.07) is 11.3. The highest BCUT2D eigenvalue weighted by Crippen LogP contribution is 2.39. The lowest BCUT2D eigenvalue weighted by atomic mass is 10.0. The zero-order valence-corrected chi connectivity index (χ0v) is 32.2. The van der Waals surface area contributed by atoms with Crippen molar-refractivity contribution in [2.45, 2.75) is 70.8 Å². The average molecular weight is 759 g/mol. The van der Waals surface area contributed by atoms with Crippen LogP contribution in [-0.4, -0.2) is 64.5 Å². The number of hydrogen-bond acceptors (Lipinski definition) is 8. The lowest BCUT2D eigenvalue weighted by molar-refractivity contribution is 0.0730. The smallest absolute Gasteiger partial charge is 0.488 e. The topological polar surface area (TPSA) is 92.8 Å². The summed E-state index contributed by atoms with van der Waals surface area (Å²) < 4.78 is 35.4. The van der Waals surface area contributed by atoms with Crippen molar-refractivity contribution in [1.82, 2.24) is 4.90 Å². The van der Waals surface area contributed by atoms with Gasteiger partial charge in [0.2, 0.25) is 0 Å². The maximum atomic E-state index is 13.9. The van der Waals surface area contributed by atoms with Crippen molar-refractivity contribution < 1.29 is 37.7 Å². The number of benzene rings is 2. The first kappa shape index (κ1) is 41.4. The molecule has 2 rings (SSSR count). The van der Waals surface area contributed by atoms with E-state index in [1.807, 2.05) is 24.3 Å². The summed E-state index contributed by atoms with van der Waals surface area (Å²) in [6.07, 6.45) is 5.42. The molecule has 0 heterocycles. The summed E-state index contributed by atoms with van der Waals surface area (Å²) in [5, 5.41) is 0. The van der Waals surface area contributed by atoms with Crippen LogP contribution < -0.4 is 14.2 Å². The van der Waals surface area contributed by atoms with Crippen LogP contribution in [-0.2, 0) is 26.9 Å². The Morgan fingerprint density at radius 3 is 1.84 bits per heavy atom. The molecule has 1 amide bonds. The van der Waals surface area contributed by atoms with Crippen LogP contribution in [0.3, 0.4) is 0 Å². The van der Waals surface area contributed by atoms with Crippen molar-refractivity contribution >= 4 is 36.5 Å². The summed E-state index contributed by atoms with van der Waals surface area (Å²) in [5.74, 6) is 1.42. The van der Waals surface area contributed by atoms with E-state index in [0.29, 0.717) is 45.8 Å². The minimum atomic E-state index is -2.23. The third kappa shape index (κ3) is 12.5. The minimum absolute atomic E-state index is 0.0459. The van der Waals surface area contributed by atoms with Crippen LogP contribution >= 0.6 is 15.9 Å². The third-order valence-corrected chi connectivity index (χ3v) is 14.6. The van der Waals surface area contributed by atoms with Crippen molar-refractivity contribution in [2.24, 2.45) is 0 Å². The molecule has 0 aliphatic heterocycles. The SMILES string of the molecule is C=CCOC(=O)Oc1ccc(C[C@@H](CO[Si](CC)(C(C)C)C(C)C)N(Cc2cc(OCC=C)c(Br)c(OCC=C)c2)C(=O)OCC=C)cc1. The highest BCUT2D eigenvalue weighted by molar-refractivity contribution is 9.10. The van der Waals surface area contributed by atoms with Gasteiger partial charge in [0.1, 0.15) is 48.1 Å². The molecule has 2 aromatic carbocycles. The van der Waals surface area contributed by atoms with Crippen LogP contribution in [0.15, 0.2) is 91.5 Å². The lowest BCUT2D eigenvalue weighted by Gasteiger charge is -2.40. The zero-order chi connectivity index (χ0) is 36.4. The number of carbonyl (C=O) groups is 2. The van der Waals surface area contributed by atoms with Crippen LogP contribution in [0.25, 0.3) is 0 Å². The summed E-state index contributed by atoms with van der Waals surface area (Å²) in [4.78, 5) is 27.5. The van der Waals surface area contributed by atoms with Gasteiger partial charge in [0, 0.05) is 6.54 Å². The number of nitrogens with zero attached hydrogens (tertiary/aromatic N) is 1. The molecule has 0 aromatic heterocycles. The molecule has 0 saturated carbocycles. The molecule has 2 aromatic rings. The Balaban J connectivity index is 2.61. The van der Waals surface area contributed by atoms with E-state index in [1.165, 1.54) is 12.2 Å². The van der Waals surface area contributed by atoms with Gasteiger partial charge in [-0.3, -0.25) is 4.90 Å². The molecular formula is C38H52BrNO8Si. The Morgan fingerprint density at radius 1 is 0.816 bits per heavy atom. The average Bonchev–Trinajstić information content (AvgIpc) is 3.08. The van der Waals surface area contributed by atoms with E-state index in [4.69, 9.17) is 28.1 Å². The van der Waals surface area contributed by atoms with E-state index in [1.54, 1.807) is 29.2 Å². The van der Waals surface area contributed by atoms with Gasteiger partial charge in [0.05, 0.1) is 12.6 Å². The number of carbonyl (C=O) groups excluding carboxylic acids is 2. The molecular weight excluding hydrogens is 706 g/mol. The number of hydrogen-bond donors (Lipinski definition) is 0. The molecule has 0 aliphatic rings. The van der Waals surface area contributed by atoms with Gasteiger partial charge in [0.15, 0.2) is 8.32 Å². The molecule has 11 heteroatoms. The molecule has 49 heavy (non-hydrogen) atoms. The summed E-state index contributed by atoms with van der Waals surface area (Å²) in [6.45, 7) is 27.0. The Kier molecular flexibility index (Phi) is 18.0. The van der Waals surface area contributed by atoms with Gasteiger partial charge < -0.3 is 28.1 Å². The van der Waals surface area contributed by atoms with E-state index in [2.05, 4.69) is 76.9 Å². The second-order valence-corrected chi connectivity index (χ2v) is 18.0. The van der Waals surface area contributed by atoms with E-state index in [-0.39, 0.29) is 33.0 Å². The molecule has 0 aliphatic carbocycles. The monoisotopic (exact) mass is 757 g/mol. The van der Waals surface area contributed by atoms with Gasteiger partial charge >= 0.3 is 12.2 Å². The quantitative estimate of drug-likeness (QED) is 0.0508. The Bertz CT molecular complexity index is 1350. The second kappa shape index (κ2) is 21.3. The lowest BCUT2D eigenvalue weighted by Crippen LogP contribution is -2.50. The van der Waals surface area contributed by atoms with Crippen molar-refractivity contribution in [2.75, 3.05) is 33.0 Å². The first-order valence-corrected chi connectivity index (χ1v) is 19.5. The number of rotatable bonds is 22. The van der Waals surface area contributed by atoms with Crippen LogP contribution in [0.4, 0.5) is 9.59 Å². The normalized spacial score (nSPS) is 11.8. The van der Waals surface area contributed by atoms with Gasteiger partial charge in [-0.15, -0.1) is 0 Å². The maximum Gasteiger partial charge on any atom is 0.514 e. The zero-order valence-electron chi connectivity index (χ0n) is 29.6. The van der Waals surface area contributed by atoms with Crippen LogP contribution in [0.2, 0.25) is 17.1 Å².